The molecule has 0 amide bonds. The summed E-state index contributed by atoms with van der Waals surface area (Å²) in [6.07, 6.45) is 0. The van der Waals surface area contributed by atoms with Crippen molar-refractivity contribution >= 4 is 38.9 Å². The third kappa shape index (κ3) is 2.74. The zero-order chi connectivity index (χ0) is 15.0. The molecule has 0 spiro atoms. The number of aromatic hydroxyl groups is 1. The van der Waals surface area contributed by atoms with E-state index in [0.29, 0.717) is 15.5 Å². The smallest absolute Gasteiger partial charge is 0.262 e. The summed E-state index contributed by atoms with van der Waals surface area (Å²) in [6.45, 7) is 0. The fraction of sp³-hybridized carbons (Fsp3) is 0. The SMILES string of the molecule is O=c1[nH]c(-c2sccc2Cl)nc(O)c1-c1ccc(Br)cc1. The van der Waals surface area contributed by atoms with E-state index in [1.54, 1.807) is 35.7 Å². The number of hydrogen-bond acceptors (Lipinski definition) is 4. The van der Waals surface area contributed by atoms with Crippen molar-refractivity contribution in [2.45, 2.75) is 0 Å². The van der Waals surface area contributed by atoms with Gasteiger partial charge in [0.2, 0.25) is 5.88 Å². The van der Waals surface area contributed by atoms with Gasteiger partial charge in [-0.2, -0.15) is 4.98 Å². The second-order valence-corrected chi connectivity index (χ2v) is 6.46. The molecule has 0 fully saturated rings. The Morgan fingerprint density at radius 1 is 1.24 bits per heavy atom. The standard InChI is InChI=1S/C14H8BrClN2O2S/c15-8-3-1-7(2-4-8)10-13(19)17-12(18-14(10)20)11-9(16)5-6-21-11/h1-6H,(H2,17,18,19,20). The molecule has 0 radical (unpaired) electrons. The summed E-state index contributed by atoms with van der Waals surface area (Å²) < 4.78 is 0.886. The minimum Gasteiger partial charge on any atom is -0.493 e. The predicted octanol–water partition coefficient (Wildman–Crippen LogP) is 4.29. The Hall–Kier alpha value is -1.63. The highest BCUT2D eigenvalue weighted by molar-refractivity contribution is 9.10. The molecule has 106 valence electrons. The van der Waals surface area contributed by atoms with E-state index in [0.717, 1.165) is 4.47 Å². The molecule has 7 heteroatoms. The number of rotatable bonds is 2. The molecule has 0 atom stereocenters. The number of halogens is 2. The van der Waals surface area contributed by atoms with Gasteiger partial charge in [-0.05, 0) is 29.1 Å². The quantitative estimate of drug-likeness (QED) is 0.694. The normalized spacial score (nSPS) is 10.8. The summed E-state index contributed by atoms with van der Waals surface area (Å²) in [5.41, 5.74) is 0.316. The number of nitrogens with zero attached hydrogens (tertiary/aromatic N) is 1. The maximum Gasteiger partial charge on any atom is 0.262 e. The first-order chi connectivity index (χ1) is 10.1. The van der Waals surface area contributed by atoms with Crippen LogP contribution in [-0.2, 0) is 0 Å². The van der Waals surface area contributed by atoms with Crippen LogP contribution >= 0.6 is 38.9 Å². The molecule has 2 aromatic heterocycles. The van der Waals surface area contributed by atoms with E-state index >= 15 is 0 Å². The molecule has 3 aromatic rings. The average molecular weight is 384 g/mol. The zero-order valence-corrected chi connectivity index (χ0v) is 13.6. The Balaban J connectivity index is 2.15. The minimum absolute atomic E-state index is 0.138. The first-order valence-corrected chi connectivity index (χ1v) is 7.94. The lowest BCUT2D eigenvalue weighted by molar-refractivity contribution is 0.454. The summed E-state index contributed by atoms with van der Waals surface area (Å²) in [5, 5.41) is 12.4. The van der Waals surface area contributed by atoms with Crippen molar-refractivity contribution in [1.82, 2.24) is 9.97 Å². The maximum atomic E-state index is 12.2. The average Bonchev–Trinajstić information content (AvgIpc) is 2.86. The van der Waals surface area contributed by atoms with Gasteiger partial charge in [0.1, 0.15) is 5.56 Å². The van der Waals surface area contributed by atoms with Gasteiger partial charge in [0.05, 0.1) is 9.90 Å². The van der Waals surface area contributed by atoms with Crippen LogP contribution in [0.4, 0.5) is 0 Å². The van der Waals surface area contributed by atoms with E-state index in [1.165, 1.54) is 11.3 Å². The number of aromatic nitrogens is 2. The van der Waals surface area contributed by atoms with Gasteiger partial charge in [0.15, 0.2) is 5.82 Å². The minimum atomic E-state index is -0.413. The Morgan fingerprint density at radius 3 is 2.52 bits per heavy atom. The highest BCUT2D eigenvalue weighted by atomic mass is 79.9. The van der Waals surface area contributed by atoms with Crippen LogP contribution in [0.2, 0.25) is 5.02 Å². The van der Waals surface area contributed by atoms with Crippen molar-refractivity contribution < 1.29 is 5.11 Å². The molecule has 0 bridgehead atoms. The van der Waals surface area contributed by atoms with Crippen LogP contribution in [0.3, 0.4) is 0 Å². The van der Waals surface area contributed by atoms with Gasteiger partial charge in [-0.15, -0.1) is 11.3 Å². The van der Waals surface area contributed by atoms with Gasteiger partial charge in [-0.25, -0.2) is 0 Å². The lowest BCUT2D eigenvalue weighted by atomic mass is 10.1. The third-order valence-electron chi connectivity index (χ3n) is 2.87. The molecule has 21 heavy (non-hydrogen) atoms. The van der Waals surface area contributed by atoms with E-state index in [-0.39, 0.29) is 17.3 Å². The van der Waals surface area contributed by atoms with Gasteiger partial charge in [0.25, 0.3) is 5.56 Å². The Bertz CT molecular complexity index is 858. The molecular weight excluding hydrogens is 376 g/mol. The molecular formula is C14H8BrClN2O2S. The van der Waals surface area contributed by atoms with Crippen molar-refractivity contribution in [3.63, 3.8) is 0 Å². The summed E-state index contributed by atoms with van der Waals surface area (Å²) in [4.78, 5) is 19.6. The van der Waals surface area contributed by atoms with Crippen molar-refractivity contribution in [2.24, 2.45) is 0 Å². The molecule has 2 N–H and O–H groups in total. The molecule has 3 rings (SSSR count). The second kappa shape index (κ2) is 5.63. The van der Waals surface area contributed by atoms with Crippen LogP contribution in [0.15, 0.2) is 45.0 Å². The number of thiophene rings is 1. The Morgan fingerprint density at radius 2 is 1.95 bits per heavy atom. The molecule has 4 nitrogen and oxygen atoms in total. The Labute approximate surface area is 137 Å². The summed E-state index contributed by atoms with van der Waals surface area (Å²) >= 11 is 10.7. The number of hydrogen-bond donors (Lipinski definition) is 2. The van der Waals surface area contributed by atoms with Gasteiger partial charge < -0.3 is 10.1 Å². The highest BCUT2D eigenvalue weighted by Crippen LogP contribution is 2.32. The summed E-state index contributed by atoms with van der Waals surface area (Å²) in [7, 11) is 0. The first kappa shape index (κ1) is 14.3. The summed E-state index contributed by atoms with van der Waals surface area (Å²) in [6, 6.07) is 8.75. The highest BCUT2D eigenvalue weighted by Gasteiger charge is 2.15. The van der Waals surface area contributed by atoms with Crippen LogP contribution in [0.1, 0.15) is 0 Å². The fourth-order valence-corrected chi connectivity index (χ4v) is 3.26. The topological polar surface area (TPSA) is 66.0 Å². The van der Waals surface area contributed by atoms with E-state index in [2.05, 4.69) is 25.9 Å². The molecule has 0 aliphatic heterocycles. The number of nitrogens with one attached hydrogen (secondary N) is 1. The van der Waals surface area contributed by atoms with E-state index in [1.807, 2.05) is 0 Å². The number of benzene rings is 1. The lowest BCUT2D eigenvalue weighted by Crippen LogP contribution is -2.11. The molecule has 0 aliphatic rings. The molecule has 0 saturated heterocycles. The van der Waals surface area contributed by atoms with Crippen molar-refractivity contribution in [3.8, 4) is 27.7 Å². The second-order valence-electron chi connectivity index (χ2n) is 4.22. The zero-order valence-electron chi connectivity index (χ0n) is 10.4. The molecule has 0 aliphatic carbocycles. The molecule has 0 unspecified atom stereocenters. The molecule has 2 heterocycles. The first-order valence-electron chi connectivity index (χ1n) is 5.89. The van der Waals surface area contributed by atoms with Crippen LogP contribution in [-0.4, -0.2) is 15.1 Å². The third-order valence-corrected chi connectivity index (χ3v) is 4.74. The predicted molar refractivity (Wildman–Crippen MR) is 88.0 cm³/mol. The van der Waals surface area contributed by atoms with Crippen molar-refractivity contribution in [2.75, 3.05) is 0 Å². The number of aromatic amines is 1. The van der Waals surface area contributed by atoms with E-state index in [4.69, 9.17) is 11.6 Å². The van der Waals surface area contributed by atoms with Crippen molar-refractivity contribution in [3.05, 3.63) is 55.6 Å². The lowest BCUT2D eigenvalue weighted by Gasteiger charge is -2.05. The van der Waals surface area contributed by atoms with Gasteiger partial charge >= 0.3 is 0 Å². The Kier molecular flexibility index (Phi) is 3.84. The van der Waals surface area contributed by atoms with Gasteiger partial charge in [-0.3, -0.25) is 4.79 Å². The van der Waals surface area contributed by atoms with E-state index < -0.39 is 5.56 Å². The van der Waals surface area contributed by atoms with Crippen LogP contribution < -0.4 is 5.56 Å². The van der Waals surface area contributed by atoms with Gasteiger partial charge in [-0.1, -0.05) is 39.7 Å². The monoisotopic (exact) mass is 382 g/mol. The molecule has 0 saturated carbocycles. The largest absolute Gasteiger partial charge is 0.493 e. The fourth-order valence-electron chi connectivity index (χ4n) is 1.91. The molecule has 1 aromatic carbocycles. The van der Waals surface area contributed by atoms with Gasteiger partial charge in [0, 0.05) is 4.47 Å². The summed E-state index contributed by atoms with van der Waals surface area (Å²) in [5.74, 6) is -0.0566. The number of H-pyrrole nitrogens is 1. The van der Waals surface area contributed by atoms with Crippen molar-refractivity contribution in [1.29, 1.82) is 0 Å². The van der Waals surface area contributed by atoms with Crippen LogP contribution in [0.5, 0.6) is 5.88 Å². The van der Waals surface area contributed by atoms with E-state index in [9.17, 15) is 9.90 Å². The maximum absolute atomic E-state index is 12.2. The van der Waals surface area contributed by atoms with Crippen LogP contribution in [0, 0.1) is 0 Å². The van der Waals surface area contributed by atoms with Crippen LogP contribution in [0.25, 0.3) is 21.8 Å².